The van der Waals surface area contributed by atoms with E-state index < -0.39 is 29.2 Å². The molecule has 0 amide bonds. The molecule has 1 spiro atoms. The van der Waals surface area contributed by atoms with Gasteiger partial charge < -0.3 is 40.5 Å². The van der Waals surface area contributed by atoms with Crippen molar-refractivity contribution in [2.24, 2.45) is 5.92 Å². The number of nitrogens with zero attached hydrogens (tertiary/aromatic N) is 2. The number of anilines is 2. The second kappa shape index (κ2) is 11.8. The lowest BCUT2D eigenvalue weighted by atomic mass is 9.75. The third-order valence-corrected chi connectivity index (χ3v) is 9.99. The van der Waals surface area contributed by atoms with Gasteiger partial charge in [-0.1, -0.05) is 0 Å². The highest BCUT2D eigenvalue weighted by molar-refractivity contribution is 5.88. The number of esters is 1. The van der Waals surface area contributed by atoms with Gasteiger partial charge in [-0.2, -0.15) is 0 Å². The standard InChI is InChI=1S/C36H41N5O7/c1-18-11-24(42)31-25(45-18)16-26-30(32(31)43)22-12-20(17-39-4)7-9-36(34(44)46-33(22)35(2,3)47-26)27(48-36)6-5-19-13-23(41-29(38)14-19)21-8-10-40-28(37)15-21/h8,10-11,13-16,20,22,27,33,39,43H,5-7,9,12,17H2,1-4H3,(H2,37,40)(H2,38,41)/t20-,22-,27-,33-,36+/m1/s1. The van der Waals surface area contributed by atoms with E-state index in [1.54, 1.807) is 25.3 Å². The summed E-state index contributed by atoms with van der Waals surface area (Å²) in [7, 11) is 1.90. The molecule has 4 aromatic rings. The highest BCUT2D eigenvalue weighted by Crippen LogP contribution is 2.54. The molecule has 2 fully saturated rings. The molecule has 48 heavy (non-hydrogen) atoms. The van der Waals surface area contributed by atoms with Gasteiger partial charge in [0.2, 0.25) is 0 Å². The molecular weight excluding hydrogens is 614 g/mol. The Hall–Kier alpha value is -4.68. The first kappa shape index (κ1) is 31.9. The van der Waals surface area contributed by atoms with Crippen LogP contribution in [0.2, 0.25) is 0 Å². The van der Waals surface area contributed by atoms with Crippen LogP contribution in [0.15, 0.2) is 51.8 Å². The summed E-state index contributed by atoms with van der Waals surface area (Å²) in [5.74, 6) is 0.662. The number of nitrogen functional groups attached to an aromatic ring is 2. The molecule has 0 aliphatic carbocycles. The van der Waals surface area contributed by atoms with E-state index in [2.05, 4.69) is 15.3 Å². The van der Waals surface area contributed by atoms with Crippen molar-refractivity contribution in [3.8, 4) is 22.8 Å². The summed E-state index contributed by atoms with van der Waals surface area (Å²) in [6.45, 7) is 6.12. The second-order valence-electron chi connectivity index (χ2n) is 13.9. The highest BCUT2D eigenvalue weighted by Gasteiger charge is 2.65. The number of benzene rings is 1. The van der Waals surface area contributed by atoms with Crippen LogP contribution in [-0.2, 0) is 20.7 Å². The van der Waals surface area contributed by atoms with E-state index >= 15 is 0 Å². The van der Waals surface area contributed by atoms with Crippen LogP contribution in [0.5, 0.6) is 11.5 Å². The van der Waals surface area contributed by atoms with Gasteiger partial charge in [-0.05, 0) is 102 Å². The number of hydrogen-bond donors (Lipinski definition) is 4. The zero-order chi connectivity index (χ0) is 34.0. The van der Waals surface area contributed by atoms with E-state index in [9.17, 15) is 14.7 Å². The summed E-state index contributed by atoms with van der Waals surface area (Å²) in [6.07, 6.45) is 3.48. The number of phenolic OH excluding ortho intramolecular Hbond substituents is 1. The Bertz CT molecular complexity index is 1980. The van der Waals surface area contributed by atoms with Crippen LogP contribution in [0.1, 0.15) is 62.3 Å². The number of pyridine rings is 2. The zero-order valence-corrected chi connectivity index (χ0v) is 27.5. The predicted octanol–water partition coefficient (Wildman–Crippen LogP) is 4.38. The Labute approximate surface area is 277 Å². The first-order valence-corrected chi connectivity index (χ1v) is 16.4. The van der Waals surface area contributed by atoms with Gasteiger partial charge in [0.05, 0.1) is 11.8 Å². The number of nitrogens with two attached hydrogens (primary N) is 2. The number of phenols is 1. The average molecular weight is 656 g/mol. The van der Waals surface area contributed by atoms with Crippen LogP contribution >= 0.6 is 0 Å². The number of nitrogens with one attached hydrogen (secondary N) is 1. The minimum atomic E-state index is -1.10. The summed E-state index contributed by atoms with van der Waals surface area (Å²) in [6, 6.07) is 10.4. The summed E-state index contributed by atoms with van der Waals surface area (Å²) in [5, 5.41) is 15.0. The van der Waals surface area contributed by atoms with Crippen molar-refractivity contribution in [1.82, 2.24) is 15.3 Å². The number of carbonyl (C=O) groups excluding carboxylic acids is 1. The fourth-order valence-corrected chi connectivity index (χ4v) is 7.71. The van der Waals surface area contributed by atoms with Crippen LogP contribution < -0.4 is 26.9 Å². The molecule has 12 nitrogen and oxygen atoms in total. The van der Waals surface area contributed by atoms with Gasteiger partial charge in [-0.3, -0.25) is 4.79 Å². The molecule has 0 bridgehead atoms. The van der Waals surface area contributed by atoms with E-state index in [4.69, 9.17) is 30.1 Å². The molecule has 12 heteroatoms. The van der Waals surface area contributed by atoms with Crippen molar-refractivity contribution < 1.29 is 28.5 Å². The Morgan fingerprint density at radius 3 is 2.69 bits per heavy atom. The number of epoxide rings is 1. The first-order chi connectivity index (χ1) is 22.9. The molecule has 1 aromatic carbocycles. The Kier molecular flexibility index (Phi) is 7.83. The van der Waals surface area contributed by atoms with Crippen molar-refractivity contribution in [3.63, 3.8) is 0 Å². The molecule has 252 valence electrons. The third-order valence-electron chi connectivity index (χ3n) is 9.99. The molecule has 3 aromatic heterocycles. The maximum absolute atomic E-state index is 14.2. The van der Waals surface area contributed by atoms with Crippen molar-refractivity contribution in [3.05, 3.63) is 69.7 Å². The normalized spacial score (nSPS) is 26.0. The zero-order valence-electron chi connectivity index (χ0n) is 27.5. The molecule has 5 atom stereocenters. The maximum atomic E-state index is 14.2. The van der Waals surface area contributed by atoms with Crippen LogP contribution in [-0.4, -0.2) is 58.0 Å². The molecule has 0 saturated carbocycles. The minimum absolute atomic E-state index is 0.0899. The van der Waals surface area contributed by atoms with E-state index in [1.165, 1.54) is 6.07 Å². The highest BCUT2D eigenvalue weighted by atomic mass is 16.7. The lowest BCUT2D eigenvalue weighted by molar-refractivity contribution is -0.170. The summed E-state index contributed by atoms with van der Waals surface area (Å²) in [4.78, 5) is 35.7. The third kappa shape index (κ3) is 5.62. The lowest BCUT2D eigenvalue weighted by Gasteiger charge is -2.45. The van der Waals surface area contributed by atoms with Crippen LogP contribution in [0.4, 0.5) is 11.6 Å². The molecule has 3 aliphatic rings. The fourth-order valence-electron chi connectivity index (χ4n) is 7.71. The Balaban J connectivity index is 1.18. The number of aryl methyl sites for hydroxylation is 2. The maximum Gasteiger partial charge on any atom is 0.341 e. The van der Waals surface area contributed by atoms with Crippen molar-refractivity contribution >= 4 is 28.6 Å². The number of fused-ring (bicyclic) bond motifs is 4. The van der Waals surface area contributed by atoms with E-state index in [-0.39, 0.29) is 34.2 Å². The average Bonchev–Trinajstić information content (AvgIpc) is 3.72. The fraction of sp³-hybridized carbons (Fsp3) is 0.444. The summed E-state index contributed by atoms with van der Waals surface area (Å²) >= 11 is 0. The number of hydrogen-bond acceptors (Lipinski definition) is 12. The predicted molar refractivity (Wildman–Crippen MR) is 180 cm³/mol. The van der Waals surface area contributed by atoms with Gasteiger partial charge in [-0.15, -0.1) is 0 Å². The SMILES string of the molecule is CNC[C@@H]1CC[C@@]2(O[C@@H]2CCc2cc(N)nc(-c3ccnc(N)c3)c2)C(=O)O[C@@H]2[C@H](C1)c1c(cc3oc(C)cc(=O)c3c1O)OC2(C)C. The molecule has 0 unspecified atom stereocenters. The molecule has 6 N–H and O–H groups in total. The van der Waals surface area contributed by atoms with E-state index in [0.717, 1.165) is 11.1 Å². The first-order valence-electron chi connectivity index (χ1n) is 16.4. The minimum Gasteiger partial charge on any atom is -0.507 e. The van der Waals surface area contributed by atoms with Gasteiger partial charge in [0.1, 0.15) is 51.6 Å². The molecular formula is C36H41N5O7. The van der Waals surface area contributed by atoms with Crippen molar-refractivity contribution in [2.45, 2.75) is 82.2 Å². The Morgan fingerprint density at radius 1 is 1.10 bits per heavy atom. The number of rotatable bonds is 6. The monoisotopic (exact) mass is 655 g/mol. The molecule has 2 saturated heterocycles. The second-order valence-corrected chi connectivity index (χ2v) is 13.9. The summed E-state index contributed by atoms with van der Waals surface area (Å²) in [5.41, 5.74) is 12.8. The van der Waals surface area contributed by atoms with Gasteiger partial charge >= 0.3 is 5.97 Å². The number of aromatic hydroxyl groups is 1. The van der Waals surface area contributed by atoms with Crippen LogP contribution in [0.25, 0.3) is 22.2 Å². The molecule has 3 aliphatic heterocycles. The molecule has 0 radical (unpaired) electrons. The Morgan fingerprint density at radius 2 is 1.92 bits per heavy atom. The van der Waals surface area contributed by atoms with E-state index in [0.29, 0.717) is 73.1 Å². The van der Waals surface area contributed by atoms with Gasteiger partial charge in [0.15, 0.2) is 11.0 Å². The molecule has 6 heterocycles. The van der Waals surface area contributed by atoms with Crippen molar-refractivity contribution in [1.29, 1.82) is 0 Å². The summed E-state index contributed by atoms with van der Waals surface area (Å²) < 4.78 is 24.9. The number of carbonyl (C=O) groups is 1. The van der Waals surface area contributed by atoms with Crippen LogP contribution in [0.3, 0.4) is 0 Å². The molecule has 7 rings (SSSR count). The van der Waals surface area contributed by atoms with E-state index in [1.807, 2.05) is 39.1 Å². The van der Waals surface area contributed by atoms with Crippen molar-refractivity contribution in [2.75, 3.05) is 25.1 Å². The quantitative estimate of drug-likeness (QED) is 0.170. The largest absolute Gasteiger partial charge is 0.507 e. The van der Waals surface area contributed by atoms with Gasteiger partial charge in [0, 0.05) is 35.4 Å². The van der Waals surface area contributed by atoms with Gasteiger partial charge in [-0.25, -0.2) is 14.8 Å². The smallest absolute Gasteiger partial charge is 0.341 e. The van der Waals surface area contributed by atoms with Gasteiger partial charge in [0.25, 0.3) is 0 Å². The number of aromatic nitrogens is 2. The lowest BCUT2D eigenvalue weighted by Crippen LogP contribution is -2.52. The van der Waals surface area contributed by atoms with Crippen LogP contribution in [0, 0.1) is 12.8 Å². The number of ether oxygens (including phenoxy) is 3. The topological polar surface area (TPSA) is 188 Å².